The zero-order valence-electron chi connectivity index (χ0n) is 15.0. The maximum atomic E-state index is 12.7. The lowest BCUT2D eigenvalue weighted by molar-refractivity contribution is -0.140. The van der Waals surface area contributed by atoms with Crippen LogP contribution in [0.3, 0.4) is 0 Å². The average Bonchev–Trinajstić information content (AvgIpc) is 2.66. The molecule has 1 aliphatic heterocycles. The minimum Gasteiger partial charge on any atom is -0.508 e. The first-order valence-electron chi connectivity index (χ1n) is 8.35. The van der Waals surface area contributed by atoms with Crippen LogP contribution >= 0.6 is 0 Å². The van der Waals surface area contributed by atoms with Crippen LogP contribution in [0.5, 0.6) is 11.5 Å². The van der Waals surface area contributed by atoms with E-state index in [0.717, 1.165) is 11.3 Å². The first-order chi connectivity index (χ1) is 13.0. The molecular weight excluding hydrogens is 348 g/mol. The highest BCUT2D eigenvalue weighted by Crippen LogP contribution is 2.29. The Morgan fingerprint density at radius 1 is 1.11 bits per heavy atom. The molecule has 3 rings (SSSR count). The molecular formula is C20H20N2O5. The molecule has 27 heavy (non-hydrogen) atoms. The minimum atomic E-state index is -0.664. The Morgan fingerprint density at radius 3 is 2.41 bits per heavy atom. The Morgan fingerprint density at radius 2 is 1.78 bits per heavy atom. The summed E-state index contributed by atoms with van der Waals surface area (Å²) in [4.78, 5) is 24.6. The van der Waals surface area contributed by atoms with Gasteiger partial charge < -0.3 is 25.2 Å². The standard InChI is InChI=1S/C20H20N2O5/c1-12-17(19(24)27-11-13-3-9-16(26-2)10-4-13)18(22-20(25)21-12)14-5-7-15(23)8-6-14/h3-10,18,23H,11H2,1-2H3,(H2,21,22,25)/t18-/m0/s1. The van der Waals surface area contributed by atoms with Gasteiger partial charge in [0.15, 0.2) is 0 Å². The molecule has 0 spiro atoms. The van der Waals surface area contributed by atoms with Gasteiger partial charge in [-0.1, -0.05) is 24.3 Å². The molecule has 0 saturated carbocycles. The number of carbonyl (C=O) groups is 2. The first-order valence-corrected chi connectivity index (χ1v) is 8.35. The van der Waals surface area contributed by atoms with E-state index in [0.29, 0.717) is 16.8 Å². The third-order valence-electron chi connectivity index (χ3n) is 4.24. The van der Waals surface area contributed by atoms with Crippen LogP contribution in [0.2, 0.25) is 0 Å². The molecule has 7 nitrogen and oxygen atoms in total. The number of nitrogens with one attached hydrogen (secondary N) is 2. The molecule has 7 heteroatoms. The number of esters is 1. The first kappa shape index (κ1) is 18.3. The molecule has 0 bridgehead atoms. The van der Waals surface area contributed by atoms with E-state index in [-0.39, 0.29) is 12.4 Å². The number of hydrogen-bond acceptors (Lipinski definition) is 5. The number of phenolic OH excluding ortho intramolecular Hbond substituents is 1. The van der Waals surface area contributed by atoms with Gasteiger partial charge in [0.1, 0.15) is 18.1 Å². The van der Waals surface area contributed by atoms with Gasteiger partial charge >= 0.3 is 12.0 Å². The Bertz CT molecular complexity index is 872. The zero-order valence-corrected chi connectivity index (χ0v) is 15.0. The quantitative estimate of drug-likeness (QED) is 0.705. The van der Waals surface area contributed by atoms with E-state index in [1.807, 2.05) is 12.1 Å². The Hall–Kier alpha value is -3.48. The summed E-state index contributed by atoms with van der Waals surface area (Å²) in [5.74, 6) is 0.285. The van der Waals surface area contributed by atoms with E-state index in [1.165, 1.54) is 12.1 Å². The van der Waals surface area contributed by atoms with Crippen molar-refractivity contribution >= 4 is 12.0 Å². The van der Waals surface area contributed by atoms with Crippen LogP contribution in [-0.4, -0.2) is 24.2 Å². The lowest BCUT2D eigenvalue weighted by atomic mass is 9.95. The van der Waals surface area contributed by atoms with Gasteiger partial charge in [-0.15, -0.1) is 0 Å². The van der Waals surface area contributed by atoms with Gasteiger partial charge in [-0.25, -0.2) is 9.59 Å². The summed E-state index contributed by atoms with van der Waals surface area (Å²) < 4.78 is 10.5. The van der Waals surface area contributed by atoms with Gasteiger partial charge in [-0.05, 0) is 42.3 Å². The number of rotatable bonds is 5. The number of phenols is 1. The number of ether oxygens (including phenoxy) is 2. The van der Waals surface area contributed by atoms with Crippen molar-refractivity contribution in [2.45, 2.75) is 19.6 Å². The van der Waals surface area contributed by atoms with E-state index in [9.17, 15) is 14.7 Å². The van der Waals surface area contributed by atoms with Gasteiger partial charge in [0.2, 0.25) is 0 Å². The van der Waals surface area contributed by atoms with Gasteiger partial charge in [0, 0.05) is 5.70 Å². The predicted molar refractivity (Wildman–Crippen MR) is 98.0 cm³/mol. The third-order valence-corrected chi connectivity index (χ3v) is 4.24. The highest BCUT2D eigenvalue weighted by atomic mass is 16.5. The van der Waals surface area contributed by atoms with Crippen LogP contribution in [-0.2, 0) is 16.1 Å². The third kappa shape index (κ3) is 4.20. The number of aromatic hydroxyl groups is 1. The average molecular weight is 368 g/mol. The molecule has 1 atom stereocenters. The molecule has 1 aliphatic rings. The van der Waals surface area contributed by atoms with E-state index in [4.69, 9.17) is 9.47 Å². The van der Waals surface area contributed by atoms with Crippen molar-refractivity contribution in [3.05, 3.63) is 70.9 Å². The maximum Gasteiger partial charge on any atom is 0.338 e. The van der Waals surface area contributed by atoms with Gasteiger partial charge in [0.05, 0.1) is 18.7 Å². The Labute approximate surface area is 156 Å². The molecule has 140 valence electrons. The molecule has 3 N–H and O–H groups in total. The summed E-state index contributed by atoms with van der Waals surface area (Å²) >= 11 is 0. The number of urea groups is 1. The fraction of sp³-hybridized carbons (Fsp3) is 0.200. The van der Waals surface area contributed by atoms with Gasteiger partial charge in [-0.2, -0.15) is 0 Å². The number of allylic oxidation sites excluding steroid dienone is 1. The van der Waals surface area contributed by atoms with Crippen LogP contribution in [0.25, 0.3) is 0 Å². The van der Waals surface area contributed by atoms with E-state index >= 15 is 0 Å². The number of amides is 2. The minimum absolute atomic E-state index is 0.0931. The second-order valence-corrected chi connectivity index (χ2v) is 6.09. The summed E-state index contributed by atoms with van der Waals surface area (Å²) in [6.45, 7) is 1.74. The van der Waals surface area contributed by atoms with Crippen LogP contribution in [0.15, 0.2) is 59.8 Å². The van der Waals surface area contributed by atoms with Crippen molar-refractivity contribution in [2.24, 2.45) is 0 Å². The topological polar surface area (TPSA) is 96.9 Å². The molecule has 0 radical (unpaired) electrons. The lowest BCUT2D eigenvalue weighted by Crippen LogP contribution is -2.45. The normalized spacial score (nSPS) is 16.4. The van der Waals surface area contributed by atoms with Crippen molar-refractivity contribution in [1.82, 2.24) is 10.6 Å². The second-order valence-electron chi connectivity index (χ2n) is 6.09. The van der Waals surface area contributed by atoms with Crippen LogP contribution in [0, 0.1) is 0 Å². The zero-order chi connectivity index (χ0) is 19.4. The van der Waals surface area contributed by atoms with E-state index < -0.39 is 18.0 Å². The van der Waals surface area contributed by atoms with Gasteiger partial charge in [0.25, 0.3) is 0 Å². The molecule has 0 aromatic heterocycles. The molecule has 2 amide bonds. The summed E-state index contributed by atoms with van der Waals surface area (Å²) in [6.07, 6.45) is 0. The molecule has 0 unspecified atom stereocenters. The number of hydrogen-bond donors (Lipinski definition) is 3. The summed E-state index contributed by atoms with van der Waals surface area (Å²) in [6, 6.07) is 12.4. The fourth-order valence-corrected chi connectivity index (χ4v) is 2.83. The number of benzene rings is 2. The van der Waals surface area contributed by atoms with Crippen LogP contribution in [0.1, 0.15) is 24.1 Å². The maximum absolute atomic E-state index is 12.7. The van der Waals surface area contributed by atoms with Crippen molar-refractivity contribution in [1.29, 1.82) is 0 Å². The van der Waals surface area contributed by atoms with Crippen molar-refractivity contribution < 1.29 is 24.2 Å². The molecule has 2 aromatic carbocycles. The summed E-state index contributed by atoms with van der Waals surface area (Å²) in [5, 5.41) is 14.8. The van der Waals surface area contributed by atoms with Crippen molar-refractivity contribution in [2.75, 3.05) is 7.11 Å². The van der Waals surface area contributed by atoms with Crippen molar-refractivity contribution in [3.63, 3.8) is 0 Å². The van der Waals surface area contributed by atoms with Crippen molar-refractivity contribution in [3.8, 4) is 11.5 Å². The Kier molecular flexibility index (Phi) is 5.30. The predicted octanol–water partition coefficient (Wildman–Crippen LogP) is 2.77. The largest absolute Gasteiger partial charge is 0.508 e. The molecule has 0 saturated heterocycles. The smallest absolute Gasteiger partial charge is 0.338 e. The van der Waals surface area contributed by atoms with E-state index in [2.05, 4.69) is 10.6 Å². The van der Waals surface area contributed by atoms with Crippen LogP contribution < -0.4 is 15.4 Å². The molecule has 0 aliphatic carbocycles. The van der Waals surface area contributed by atoms with Crippen LogP contribution in [0.4, 0.5) is 4.79 Å². The molecule has 2 aromatic rings. The highest BCUT2D eigenvalue weighted by molar-refractivity contribution is 5.95. The molecule has 1 heterocycles. The lowest BCUT2D eigenvalue weighted by Gasteiger charge is -2.28. The number of methoxy groups -OCH3 is 1. The fourth-order valence-electron chi connectivity index (χ4n) is 2.83. The molecule has 0 fully saturated rings. The monoisotopic (exact) mass is 368 g/mol. The van der Waals surface area contributed by atoms with E-state index in [1.54, 1.807) is 38.3 Å². The second kappa shape index (κ2) is 7.82. The highest BCUT2D eigenvalue weighted by Gasteiger charge is 2.32. The summed E-state index contributed by atoms with van der Waals surface area (Å²) in [7, 11) is 1.58. The number of carbonyl (C=O) groups excluding carboxylic acids is 2. The summed E-state index contributed by atoms with van der Waals surface area (Å²) in [5.41, 5.74) is 2.22. The SMILES string of the molecule is COc1ccc(COC(=O)C2=C(C)NC(=O)N[C@H]2c2ccc(O)cc2)cc1. The van der Waals surface area contributed by atoms with Gasteiger partial charge in [-0.3, -0.25) is 0 Å². The Balaban J connectivity index is 1.79.